The summed E-state index contributed by atoms with van der Waals surface area (Å²) in [5.74, 6) is 0.407. The van der Waals surface area contributed by atoms with E-state index in [4.69, 9.17) is 4.74 Å². The highest BCUT2D eigenvalue weighted by atomic mass is 32.2. The number of methoxy groups -OCH3 is 1. The SMILES string of the molecule is COc1ccc(C2(CNC(=O)CCS(=O)(=O)c3ccccc3)CCCC2)cc1. The molecule has 150 valence electrons. The van der Waals surface area contributed by atoms with Crippen molar-refractivity contribution in [3.05, 3.63) is 60.2 Å². The standard InChI is InChI=1S/C22H27NO4S/c1-27-19-11-9-18(10-12-19)22(14-5-6-15-22)17-23-21(24)13-16-28(25,26)20-7-3-2-4-8-20/h2-4,7-12H,5-6,13-17H2,1H3,(H,23,24). The maximum absolute atomic E-state index is 12.4. The molecule has 3 rings (SSSR count). The Labute approximate surface area is 167 Å². The van der Waals surface area contributed by atoms with Gasteiger partial charge in [0.1, 0.15) is 5.75 Å². The second-order valence-corrected chi connectivity index (χ2v) is 9.48. The monoisotopic (exact) mass is 401 g/mol. The summed E-state index contributed by atoms with van der Waals surface area (Å²) in [6, 6.07) is 16.3. The van der Waals surface area contributed by atoms with E-state index in [0.29, 0.717) is 6.54 Å². The van der Waals surface area contributed by atoms with Crippen molar-refractivity contribution in [2.45, 2.75) is 42.4 Å². The molecule has 0 atom stereocenters. The Morgan fingerprint density at radius 2 is 1.68 bits per heavy atom. The lowest BCUT2D eigenvalue weighted by atomic mass is 9.78. The first-order valence-corrected chi connectivity index (χ1v) is 11.3. The molecule has 6 heteroatoms. The number of sulfone groups is 1. The van der Waals surface area contributed by atoms with E-state index in [1.54, 1.807) is 37.4 Å². The average Bonchev–Trinajstić information content (AvgIpc) is 3.22. The molecule has 2 aromatic rings. The number of amides is 1. The van der Waals surface area contributed by atoms with E-state index in [1.807, 2.05) is 12.1 Å². The van der Waals surface area contributed by atoms with Gasteiger partial charge in [0.25, 0.3) is 0 Å². The van der Waals surface area contributed by atoms with Gasteiger partial charge in [-0.1, -0.05) is 43.2 Å². The lowest BCUT2D eigenvalue weighted by Gasteiger charge is -2.30. The zero-order valence-electron chi connectivity index (χ0n) is 16.2. The molecule has 1 aliphatic carbocycles. The van der Waals surface area contributed by atoms with E-state index in [1.165, 1.54) is 5.56 Å². The Kier molecular flexibility index (Phi) is 6.39. The van der Waals surface area contributed by atoms with E-state index in [0.717, 1.165) is 31.4 Å². The highest BCUT2D eigenvalue weighted by molar-refractivity contribution is 7.91. The maximum Gasteiger partial charge on any atom is 0.221 e. The topological polar surface area (TPSA) is 72.5 Å². The maximum atomic E-state index is 12.4. The molecular weight excluding hydrogens is 374 g/mol. The number of hydrogen-bond acceptors (Lipinski definition) is 4. The van der Waals surface area contributed by atoms with Gasteiger partial charge in [-0.05, 0) is 42.7 Å². The second kappa shape index (κ2) is 8.78. The Hall–Kier alpha value is -2.34. The van der Waals surface area contributed by atoms with Crippen molar-refractivity contribution in [2.75, 3.05) is 19.4 Å². The van der Waals surface area contributed by atoms with Crippen LogP contribution in [0.5, 0.6) is 5.75 Å². The van der Waals surface area contributed by atoms with Gasteiger partial charge in [0.15, 0.2) is 9.84 Å². The van der Waals surface area contributed by atoms with Gasteiger partial charge in [-0.3, -0.25) is 4.79 Å². The van der Waals surface area contributed by atoms with Crippen LogP contribution in [0.15, 0.2) is 59.5 Å². The van der Waals surface area contributed by atoms with Crippen LogP contribution in [0.4, 0.5) is 0 Å². The third-order valence-corrected chi connectivity index (χ3v) is 7.32. The molecule has 1 fully saturated rings. The largest absolute Gasteiger partial charge is 0.497 e. The van der Waals surface area contributed by atoms with E-state index < -0.39 is 9.84 Å². The molecule has 1 amide bonds. The van der Waals surface area contributed by atoms with Gasteiger partial charge in [-0.25, -0.2) is 8.42 Å². The molecular formula is C22H27NO4S. The predicted molar refractivity (Wildman–Crippen MR) is 109 cm³/mol. The third-order valence-electron chi connectivity index (χ3n) is 5.59. The summed E-state index contributed by atoms with van der Waals surface area (Å²) in [5, 5.41) is 2.98. The Bertz CT molecular complexity index is 886. The average molecular weight is 402 g/mol. The zero-order valence-corrected chi connectivity index (χ0v) is 17.0. The van der Waals surface area contributed by atoms with E-state index in [2.05, 4.69) is 17.4 Å². The van der Waals surface area contributed by atoms with Crippen molar-refractivity contribution in [1.82, 2.24) is 5.32 Å². The van der Waals surface area contributed by atoms with Crippen LogP contribution in [0, 0.1) is 0 Å². The Morgan fingerprint density at radius 1 is 1.04 bits per heavy atom. The molecule has 0 unspecified atom stereocenters. The van der Waals surface area contributed by atoms with Gasteiger partial charge in [-0.15, -0.1) is 0 Å². The zero-order chi connectivity index (χ0) is 20.0. The van der Waals surface area contributed by atoms with Crippen LogP contribution in [-0.2, 0) is 20.0 Å². The van der Waals surface area contributed by atoms with Crippen LogP contribution >= 0.6 is 0 Å². The van der Waals surface area contributed by atoms with Gasteiger partial charge in [0.2, 0.25) is 5.91 Å². The molecule has 5 nitrogen and oxygen atoms in total. The van der Waals surface area contributed by atoms with Crippen molar-refractivity contribution in [1.29, 1.82) is 0 Å². The normalized spacial score (nSPS) is 15.9. The van der Waals surface area contributed by atoms with Gasteiger partial charge < -0.3 is 10.1 Å². The number of carbonyl (C=O) groups is 1. The number of carbonyl (C=O) groups excluding carboxylic acids is 1. The van der Waals surface area contributed by atoms with Crippen molar-refractivity contribution in [2.24, 2.45) is 0 Å². The second-order valence-electron chi connectivity index (χ2n) is 7.37. The summed E-state index contributed by atoms with van der Waals surface area (Å²) in [6.07, 6.45) is 4.26. The van der Waals surface area contributed by atoms with Crippen LogP contribution in [0.3, 0.4) is 0 Å². The molecule has 1 N–H and O–H groups in total. The number of nitrogens with one attached hydrogen (secondary N) is 1. The van der Waals surface area contributed by atoms with Crippen LogP contribution in [-0.4, -0.2) is 33.7 Å². The summed E-state index contributed by atoms with van der Waals surface area (Å²) in [5.41, 5.74) is 1.11. The van der Waals surface area contributed by atoms with Gasteiger partial charge >= 0.3 is 0 Å². The minimum absolute atomic E-state index is 0.0318. The van der Waals surface area contributed by atoms with Crippen molar-refractivity contribution in [3.63, 3.8) is 0 Å². The quantitative estimate of drug-likeness (QED) is 0.735. The highest BCUT2D eigenvalue weighted by Crippen LogP contribution is 2.41. The fourth-order valence-electron chi connectivity index (χ4n) is 3.89. The number of hydrogen-bond donors (Lipinski definition) is 1. The molecule has 0 bridgehead atoms. The highest BCUT2D eigenvalue weighted by Gasteiger charge is 2.36. The van der Waals surface area contributed by atoms with Gasteiger partial charge in [0, 0.05) is 18.4 Å². The fraction of sp³-hybridized carbons (Fsp3) is 0.409. The van der Waals surface area contributed by atoms with Crippen molar-refractivity contribution < 1.29 is 17.9 Å². The van der Waals surface area contributed by atoms with Crippen LogP contribution in [0.25, 0.3) is 0 Å². The molecule has 0 aromatic heterocycles. The lowest BCUT2D eigenvalue weighted by molar-refractivity contribution is -0.121. The first-order valence-electron chi connectivity index (χ1n) is 9.64. The minimum Gasteiger partial charge on any atom is -0.497 e. The molecule has 0 spiro atoms. The molecule has 1 saturated carbocycles. The van der Waals surface area contributed by atoms with E-state index >= 15 is 0 Å². The molecule has 28 heavy (non-hydrogen) atoms. The van der Waals surface area contributed by atoms with Crippen LogP contribution in [0.2, 0.25) is 0 Å². The van der Waals surface area contributed by atoms with E-state index in [9.17, 15) is 13.2 Å². The summed E-state index contributed by atoms with van der Waals surface area (Å²) in [4.78, 5) is 12.6. The summed E-state index contributed by atoms with van der Waals surface area (Å²) in [7, 11) is -1.80. The smallest absolute Gasteiger partial charge is 0.221 e. The predicted octanol–water partition coefficient (Wildman–Crippen LogP) is 3.49. The minimum atomic E-state index is -3.44. The molecule has 0 heterocycles. The Balaban J connectivity index is 1.60. The third kappa shape index (κ3) is 4.73. The van der Waals surface area contributed by atoms with Gasteiger partial charge in [-0.2, -0.15) is 0 Å². The van der Waals surface area contributed by atoms with Crippen LogP contribution < -0.4 is 10.1 Å². The van der Waals surface area contributed by atoms with E-state index in [-0.39, 0.29) is 28.4 Å². The molecule has 0 saturated heterocycles. The van der Waals surface area contributed by atoms with Crippen molar-refractivity contribution in [3.8, 4) is 5.75 Å². The Morgan fingerprint density at radius 3 is 2.29 bits per heavy atom. The molecule has 0 radical (unpaired) electrons. The number of benzene rings is 2. The summed E-state index contributed by atoms with van der Waals surface area (Å²) >= 11 is 0. The number of ether oxygens (including phenoxy) is 1. The summed E-state index contributed by atoms with van der Waals surface area (Å²) < 4.78 is 29.9. The number of rotatable bonds is 8. The lowest BCUT2D eigenvalue weighted by Crippen LogP contribution is -2.39. The first-order chi connectivity index (χ1) is 13.5. The van der Waals surface area contributed by atoms with Gasteiger partial charge in [0.05, 0.1) is 17.8 Å². The first kappa shape index (κ1) is 20.4. The molecule has 2 aromatic carbocycles. The van der Waals surface area contributed by atoms with Crippen LogP contribution in [0.1, 0.15) is 37.7 Å². The van der Waals surface area contributed by atoms with Crippen molar-refractivity contribution >= 4 is 15.7 Å². The molecule has 1 aliphatic rings. The summed E-state index contributed by atoms with van der Waals surface area (Å²) in [6.45, 7) is 0.531. The molecule has 0 aliphatic heterocycles. The fourth-order valence-corrected chi connectivity index (χ4v) is 5.15.